The maximum atomic E-state index is 13.9. The van der Waals surface area contributed by atoms with E-state index in [0.717, 1.165) is 10.5 Å². The molecule has 1 saturated heterocycles. The number of aliphatic hydroxyl groups excluding tert-OH is 2. The second-order valence-electron chi connectivity index (χ2n) is 11.2. The largest absolute Gasteiger partial charge is 0.416 e. The number of hydrogen-bond donors (Lipinski definition) is 3. The minimum absolute atomic E-state index is 0.0245. The lowest BCUT2D eigenvalue weighted by atomic mass is 9.81. The number of hydrogen-bond acceptors (Lipinski definition) is 6. The van der Waals surface area contributed by atoms with Crippen LogP contribution >= 0.6 is 12.6 Å². The summed E-state index contributed by atoms with van der Waals surface area (Å²) in [5.41, 5.74) is -3.18. The Bertz CT molecular complexity index is 1490. The predicted molar refractivity (Wildman–Crippen MR) is 153 cm³/mol. The third kappa shape index (κ3) is 6.48. The van der Waals surface area contributed by atoms with Gasteiger partial charge in [0.05, 0.1) is 47.2 Å². The Morgan fingerprint density at radius 2 is 1.60 bits per heavy atom. The first-order valence-electron chi connectivity index (χ1n) is 13.3. The molecule has 1 aromatic heterocycles. The van der Waals surface area contributed by atoms with E-state index in [4.69, 9.17) is 0 Å². The van der Waals surface area contributed by atoms with E-state index in [1.54, 1.807) is 29.2 Å². The smallest absolute Gasteiger partial charge is 0.394 e. The number of aliphatic hydroxyl groups is 2. The Morgan fingerprint density at radius 3 is 2.16 bits per heavy atom. The fraction of sp³-hybridized carbons (Fsp3) is 0.400. The number of likely N-dealkylation sites (N-methyl/N-ethyl adjacent to an activating group) is 1. The summed E-state index contributed by atoms with van der Waals surface area (Å²) in [4.78, 5) is 22.0. The second kappa shape index (κ2) is 11.7. The minimum Gasteiger partial charge on any atom is -0.394 e. The Kier molecular flexibility index (Phi) is 8.85. The molecule has 3 aromatic rings. The van der Waals surface area contributed by atoms with Crippen molar-refractivity contribution >= 4 is 30.0 Å². The van der Waals surface area contributed by atoms with Gasteiger partial charge in [0.25, 0.3) is 0 Å². The zero-order valence-corrected chi connectivity index (χ0v) is 24.6. The van der Waals surface area contributed by atoms with Crippen molar-refractivity contribution in [1.82, 2.24) is 4.98 Å². The van der Waals surface area contributed by atoms with E-state index in [1.807, 2.05) is 6.92 Å². The van der Waals surface area contributed by atoms with Gasteiger partial charge in [0, 0.05) is 24.1 Å². The number of amides is 1. The van der Waals surface area contributed by atoms with Crippen LogP contribution in [0.15, 0.2) is 53.6 Å². The number of aromatic nitrogens is 1. The molecule has 0 aliphatic carbocycles. The zero-order valence-electron chi connectivity index (χ0n) is 23.8. The number of pyridine rings is 1. The number of nitrogens with zero attached hydrogens (tertiary/aromatic N) is 3. The molecule has 2 heterocycles. The van der Waals surface area contributed by atoms with E-state index in [2.05, 4.69) is 17.6 Å². The van der Waals surface area contributed by atoms with Crippen molar-refractivity contribution < 1.29 is 41.4 Å². The molecule has 1 aliphatic heterocycles. The average Bonchev–Trinajstić information content (AvgIpc) is 3.32. The van der Waals surface area contributed by atoms with Crippen LogP contribution in [0.25, 0.3) is 11.1 Å². The normalized spacial score (nSPS) is 17.8. The molecule has 6 nitrogen and oxygen atoms in total. The summed E-state index contributed by atoms with van der Waals surface area (Å²) in [6.45, 7) is 4.32. The first-order valence-corrected chi connectivity index (χ1v) is 13.7. The fourth-order valence-electron chi connectivity index (χ4n) is 5.31. The van der Waals surface area contributed by atoms with Gasteiger partial charge in [-0.3, -0.25) is 4.79 Å². The highest BCUT2D eigenvalue weighted by Gasteiger charge is 2.41. The molecule has 2 aromatic carbocycles. The highest BCUT2D eigenvalue weighted by Crippen LogP contribution is 2.42. The molecule has 0 saturated carbocycles. The number of halogens is 6. The SMILES string of the molecule is Cc1c(S)cccc1-c1cc(N2C[C@H](O)C[C@H]2CO)ncc1N(C)C(=O)C(C)(C)c1cc(C(F)(F)F)cc(C(F)(F)F)c1. The number of alkyl halides is 6. The molecular weight excluding hydrogens is 596 g/mol. The van der Waals surface area contributed by atoms with Crippen molar-refractivity contribution in [2.75, 3.05) is 30.0 Å². The Labute approximate surface area is 250 Å². The fourth-order valence-corrected chi connectivity index (χ4v) is 5.51. The van der Waals surface area contributed by atoms with Crippen LogP contribution in [-0.2, 0) is 22.6 Å². The molecule has 232 valence electrons. The first kappa shape index (κ1) is 32.6. The first-order chi connectivity index (χ1) is 19.9. The highest BCUT2D eigenvalue weighted by molar-refractivity contribution is 7.80. The molecule has 1 aliphatic rings. The number of carbonyl (C=O) groups excluding carboxylic acids is 1. The van der Waals surface area contributed by atoms with Gasteiger partial charge < -0.3 is 20.0 Å². The molecule has 13 heteroatoms. The van der Waals surface area contributed by atoms with Crippen LogP contribution in [0, 0.1) is 6.92 Å². The zero-order chi connectivity index (χ0) is 32.1. The summed E-state index contributed by atoms with van der Waals surface area (Å²) in [6.07, 6.45) is -9.12. The van der Waals surface area contributed by atoms with Crippen molar-refractivity contribution in [1.29, 1.82) is 0 Å². The van der Waals surface area contributed by atoms with E-state index in [1.165, 1.54) is 27.1 Å². The molecule has 1 amide bonds. The third-order valence-corrected chi connectivity index (χ3v) is 8.36. The minimum atomic E-state index is -5.07. The Morgan fingerprint density at radius 1 is 1.02 bits per heavy atom. The highest BCUT2D eigenvalue weighted by atomic mass is 32.1. The third-order valence-electron chi connectivity index (χ3n) is 7.87. The Balaban J connectivity index is 1.84. The van der Waals surface area contributed by atoms with E-state index >= 15 is 0 Å². The van der Waals surface area contributed by atoms with Crippen molar-refractivity contribution in [2.24, 2.45) is 0 Å². The molecule has 43 heavy (non-hydrogen) atoms. The number of anilines is 2. The van der Waals surface area contributed by atoms with Crippen molar-refractivity contribution in [3.8, 4) is 11.1 Å². The van der Waals surface area contributed by atoms with Gasteiger partial charge in [0.2, 0.25) is 5.91 Å². The van der Waals surface area contributed by atoms with Gasteiger partial charge in [-0.05, 0) is 74.2 Å². The van der Waals surface area contributed by atoms with E-state index in [0.29, 0.717) is 40.4 Å². The lowest BCUT2D eigenvalue weighted by molar-refractivity contribution is -0.143. The van der Waals surface area contributed by atoms with Gasteiger partial charge in [-0.2, -0.15) is 26.3 Å². The molecule has 0 unspecified atom stereocenters. The van der Waals surface area contributed by atoms with Gasteiger partial charge in [0.15, 0.2) is 0 Å². The van der Waals surface area contributed by atoms with Gasteiger partial charge in [0.1, 0.15) is 5.82 Å². The lowest BCUT2D eigenvalue weighted by Gasteiger charge is -2.32. The predicted octanol–water partition coefficient (Wildman–Crippen LogP) is 6.26. The van der Waals surface area contributed by atoms with Gasteiger partial charge in [-0.15, -0.1) is 12.6 Å². The van der Waals surface area contributed by atoms with Crippen LogP contribution in [0.2, 0.25) is 0 Å². The second-order valence-corrected chi connectivity index (χ2v) is 11.7. The summed E-state index contributed by atoms with van der Waals surface area (Å²) in [5, 5.41) is 20.0. The summed E-state index contributed by atoms with van der Waals surface area (Å²) < 4.78 is 81.5. The van der Waals surface area contributed by atoms with Crippen LogP contribution in [0.1, 0.15) is 42.5 Å². The summed E-state index contributed by atoms with van der Waals surface area (Å²) in [5.74, 6) is -0.369. The van der Waals surface area contributed by atoms with Crippen molar-refractivity contribution in [2.45, 2.75) is 62.0 Å². The van der Waals surface area contributed by atoms with Crippen molar-refractivity contribution in [3.05, 3.63) is 70.9 Å². The van der Waals surface area contributed by atoms with Gasteiger partial charge >= 0.3 is 12.4 Å². The maximum Gasteiger partial charge on any atom is 0.416 e. The van der Waals surface area contributed by atoms with Crippen LogP contribution in [0.4, 0.5) is 37.8 Å². The van der Waals surface area contributed by atoms with Crippen LogP contribution < -0.4 is 9.80 Å². The molecule has 2 N–H and O–H groups in total. The molecule has 4 rings (SSSR count). The van der Waals surface area contributed by atoms with Crippen LogP contribution in [0.3, 0.4) is 0 Å². The monoisotopic (exact) mass is 627 g/mol. The average molecular weight is 628 g/mol. The van der Waals surface area contributed by atoms with Crippen LogP contribution in [0.5, 0.6) is 0 Å². The van der Waals surface area contributed by atoms with E-state index in [9.17, 15) is 41.4 Å². The number of thiol groups is 1. The summed E-state index contributed by atoms with van der Waals surface area (Å²) >= 11 is 4.50. The molecule has 0 radical (unpaired) electrons. The quantitative estimate of drug-likeness (QED) is 0.222. The molecule has 2 atom stereocenters. The molecule has 0 spiro atoms. The topological polar surface area (TPSA) is 76.9 Å². The van der Waals surface area contributed by atoms with Crippen LogP contribution in [-0.4, -0.2) is 53.4 Å². The standard InChI is InChI=1S/C30H31F6N3O3S/c1-16-22(6-5-7-25(16)43)23-12-26(39-14-21(41)11-20(39)15-40)37-13-24(23)38(4)27(42)28(2,3)17-8-18(29(31,32)33)10-19(9-17)30(34,35)36/h5-10,12-13,20-21,40-41,43H,11,14-15H2,1-4H3/t20-,21+/m0/s1. The molecule has 0 bridgehead atoms. The summed E-state index contributed by atoms with van der Waals surface area (Å²) in [6, 6.07) is 7.72. The number of β-amino-alcohol motifs (C(OH)–C–C–N with tert-alkyl or cyclic N) is 1. The number of rotatable bonds is 6. The number of carbonyl (C=O) groups is 1. The number of benzene rings is 2. The maximum absolute atomic E-state index is 13.9. The lowest BCUT2D eigenvalue weighted by Crippen LogP contribution is -2.42. The molecular formula is C30H31F6N3O3S. The van der Waals surface area contributed by atoms with E-state index < -0.39 is 52.5 Å². The van der Waals surface area contributed by atoms with Gasteiger partial charge in [-0.1, -0.05) is 12.1 Å². The van der Waals surface area contributed by atoms with E-state index in [-0.39, 0.29) is 24.9 Å². The Hall–Kier alpha value is -3.29. The molecule has 1 fully saturated rings. The van der Waals surface area contributed by atoms with Gasteiger partial charge in [-0.25, -0.2) is 4.98 Å². The summed E-state index contributed by atoms with van der Waals surface area (Å²) in [7, 11) is 1.37. The van der Waals surface area contributed by atoms with Crippen molar-refractivity contribution in [3.63, 3.8) is 0 Å².